The SMILES string of the molecule is CN=C(NCc1csc(-c2ccc(OC)cc2)n1)NCc1sc(C)nc1C.I. The summed E-state index contributed by atoms with van der Waals surface area (Å²) in [5.41, 5.74) is 3.15. The second kappa shape index (κ2) is 10.7. The normalized spacial score (nSPS) is 11.1. The van der Waals surface area contributed by atoms with Crippen molar-refractivity contribution in [1.29, 1.82) is 0 Å². The fourth-order valence-corrected chi connectivity index (χ4v) is 4.25. The number of methoxy groups -OCH3 is 1. The van der Waals surface area contributed by atoms with Gasteiger partial charge in [-0.1, -0.05) is 0 Å². The standard InChI is InChI=1S/C19H23N5OS2.HI/c1-12-17(27-13(2)23-12)10-22-19(20-3)21-9-15-11-26-18(24-15)14-5-7-16(25-4)8-6-14;/h5-8,11H,9-10H2,1-4H3,(H2,20,21,22);1H. The van der Waals surface area contributed by atoms with E-state index in [1.54, 1.807) is 36.8 Å². The molecule has 0 bridgehead atoms. The first kappa shape index (κ1) is 22.6. The molecule has 2 aromatic heterocycles. The smallest absolute Gasteiger partial charge is 0.191 e. The predicted octanol–water partition coefficient (Wildman–Crippen LogP) is 4.38. The average molecular weight is 529 g/mol. The molecule has 0 aliphatic heterocycles. The largest absolute Gasteiger partial charge is 0.497 e. The van der Waals surface area contributed by atoms with Crippen LogP contribution in [-0.2, 0) is 13.1 Å². The van der Waals surface area contributed by atoms with Crippen molar-refractivity contribution in [1.82, 2.24) is 20.6 Å². The van der Waals surface area contributed by atoms with Gasteiger partial charge in [0.15, 0.2) is 5.96 Å². The molecule has 6 nitrogen and oxygen atoms in total. The van der Waals surface area contributed by atoms with Crippen LogP contribution in [0.25, 0.3) is 10.6 Å². The maximum absolute atomic E-state index is 5.20. The summed E-state index contributed by atoms with van der Waals surface area (Å²) in [7, 11) is 3.43. The van der Waals surface area contributed by atoms with E-state index >= 15 is 0 Å². The van der Waals surface area contributed by atoms with Crippen molar-refractivity contribution in [3.05, 3.63) is 50.9 Å². The lowest BCUT2D eigenvalue weighted by Crippen LogP contribution is -2.36. The van der Waals surface area contributed by atoms with Crippen molar-refractivity contribution in [2.24, 2.45) is 4.99 Å². The molecule has 0 saturated heterocycles. The molecule has 9 heteroatoms. The summed E-state index contributed by atoms with van der Waals surface area (Å²) in [5.74, 6) is 1.60. The van der Waals surface area contributed by atoms with Gasteiger partial charge in [-0.2, -0.15) is 0 Å². The van der Waals surface area contributed by atoms with Gasteiger partial charge in [0.2, 0.25) is 0 Å². The van der Waals surface area contributed by atoms with Crippen LogP contribution in [0.15, 0.2) is 34.6 Å². The highest BCUT2D eigenvalue weighted by molar-refractivity contribution is 14.0. The van der Waals surface area contributed by atoms with Crippen LogP contribution in [0.4, 0.5) is 0 Å². The fraction of sp³-hybridized carbons (Fsp3) is 0.316. The molecule has 0 saturated carbocycles. The molecular formula is C19H24IN5OS2. The van der Waals surface area contributed by atoms with Crippen LogP contribution in [0.3, 0.4) is 0 Å². The van der Waals surface area contributed by atoms with Gasteiger partial charge >= 0.3 is 0 Å². The second-order valence-corrected chi connectivity index (χ2v) is 8.04. The van der Waals surface area contributed by atoms with Crippen molar-refractivity contribution < 1.29 is 4.74 Å². The molecule has 0 unspecified atom stereocenters. The van der Waals surface area contributed by atoms with E-state index in [1.165, 1.54) is 4.88 Å². The lowest BCUT2D eigenvalue weighted by atomic mass is 10.2. The predicted molar refractivity (Wildman–Crippen MR) is 128 cm³/mol. The minimum Gasteiger partial charge on any atom is -0.497 e. The molecule has 28 heavy (non-hydrogen) atoms. The van der Waals surface area contributed by atoms with Crippen LogP contribution in [0.1, 0.15) is 21.3 Å². The van der Waals surface area contributed by atoms with Crippen molar-refractivity contribution >= 4 is 52.6 Å². The monoisotopic (exact) mass is 529 g/mol. The number of thiazole rings is 2. The van der Waals surface area contributed by atoms with Crippen molar-refractivity contribution in [3.8, 4) is 16.3 Å². The highest BCUT2D eigenvalue weighted by Crippen LogP contribution is 2.25. The van der Waals surface area contributed by atoms with Gasteiger partial charge in [-0.25, -0.2) is 9.97 Å². The summed E-state index contributed by atoms with van der Waals surface area (Å²) in [4.78, 5) is 14.7. The number of rotatable bonds is 6. The van der Waals surface area contributed by atoms with E-state index in [1.807, 2.05) is 38.1 Å². The van der Waals surface area contributed by atoms with Gasteiger partial charge < -0.3 is 15.4 Å². The number of ether oxygens (including phenoxy) is 1. The van der Waals surface area contributed by atoms with Crippen molar-refractivity contribution in [2.45, 2.75) is 26.9 Å². The molecule has 3 aromatic rings. The third-order valence-corrected chi connectivity index (χ3v) is 5.98. The van der Waals surface area contributed by atoms with E-state index in [2.05, 4.69) is 26.0 Å². The number of nitrogens with one attached hydrogen (secondary N) is 2. The van der Waals surface area contributed by atoms with Crippen LogP contribution in [-0.4, -0.2) is 30.1 Å². The second-order valence-electron chi connectivity index (χ2n) is 5.89. The first-order chi connectivity index (χ1) is 13.1. The van der Waals surface area contributed by atoms with Gasteiger partial charge in [0, 0.05) is 22.9 Å². The number of benzene rings is 1. The number of aliphatic imine (C=N–C) groups is 1. The van der Waals surface area contributed by atoms with Gasteiger partial charge in [0.05, 0.1) is 36.6 Å². The third kappa shape index (κ3) is 5.89. The molecule has 0 aliphatic carbocycles. The third-order valence-electron chi connectivity index (χ3n) is 3.97. The van der Waals surface area contributed by atoms with Crippen LogP contribution in [0.2, 0.25) is 0 Å². The Morgan fingerprint density at radius 3 is 2.43 bits per heavy atom. The zero-order chi connectivity index (χ0) is 19.2. The zero-order valence-corrected chi connectivity index (χ0v) is 20.2. The average Bonchev–Trinajstić information content (AvgIpc) is 3.28. The Hall–Kier alpha value is -1.72. The van der Waals surface area contributed by atoms with Crippen LogP contribution >= 0.6 is 46.7 Å². The first-order valence-electron chi connectivity index (χ1n) is 8.55. The van der Waals surface area contributed by atoms with E-state index in [9.17, 15) is 0 Å². The summed E-state index contributed by atoms with van der Waals surface area (Å²) in [6, 6.07) is 7.94. The van der Waals surface area contributed by atoms with Gasteiger partial charge in [0.25, 0.3) is 0 Å². The van der Waals surface area contributed by atoms with Gasteiger partial charge in [-0.15, -0.1) is 46.7 Å². The Kier molecular flexibility index (Phi) is 8.64. The fourth-order valence-electron chi connectivity index (χ4n) is 2.55. The summed E-state index contributed by atoms with van der Waals surface area (Å²) < 4.78 is 5.20. The first-order valence-corrected chi connectivity index (χ1v) is 10.2. The molecule has 3 rings (SSSR count). The van der Waals surface area contributed by atoms with Crippen LogP contribution in [0.5, 0.6) is 5.75 Å². The molecule has 0 aliphatic rings. The summed E-state index contributed by atoms with van der Waals surface area (Å²) in [5, 5.41) is 10.8. The van der Waals surface area contributed by atoms with Gasteiger partial charge in [0.1, 0.15) is 10.8 Å². The van der Waals surface area contributed by atoms with E-state index in [0.717, 1.165) is 38.7 Å². The lowest BCUT2D eigenvalue weighted by molar-refractivity contribution is 0.415. The van der Waals surface area contributed by atoms with E-state index in [-0.39, 0.29) is 24.0 Å². The zero-order valence-electron chi connectivity index (χ0n) is 16.3. The van der Waals surface area contributed by atoms with Gasteiger partial charge in [-0.05, 0) is 38.1 Å². The number of aromatic nitrogens is 2. The Morgan fingerprint density at radius 1 is 1.11 bits per heavy atom. The van der Waals surface area contributed by atoms with Crippen molar-refractivity contribution in [2.75, 3.05) is 14.2 Å². The molecule has 150 valence electrons. The molecule has 2 N–H and O–H groups in total. The molecule has 0 amide bonds. The maximum Gasteiger partial charge on any atom is 0.191 e. The van der Waals surface area contributed by atoms with E-state index in [4.69, 9.17) is 9.72 Å². The lowest BCUT2D eigenvalue weighted by Gasteiger charge is -2.10. The number of halogens is 1. The summed E-state index contributed by atoms with van der Waals surface area (Å²) in [6.07, 6.45) is 0. The highest BCUT2D eigenvalue weighted by Gasteiger charge is 2.08. The molecule has 0 radical (unpaired) electrons. The van der Waals surface area contributed by atoms with Crippen LogP contribution < -0.4 is 15.4 Å². The minimum atomic E-state index is 0. The molecule has 1 aromatic carbocycles. The summed E-state index contributed by atoms with van der Waals surface area (Å²) >= 11 is 3.34. The molecule has 0 fully saturated rings. The number of aryl methyl sites for hydroxylation is 2. The Labute approximate surface area is 190 Å². The number of hydrogen-bond donors (Lipinski definition) is 2. The molecule has 2 heterocycles. The Balaban J connectivity index is 0.00000280. The number of nitrogens with zero attached hydrogens (tertiary/aromatic N) is 3. The summed E-state index contributed by atoms with van der Waals surface area (Å²) in [6.45, 7) is 5.39. The molecule has 0 atom stereocenters. The highest BCUT2D eigenvalue weighted by atomic mass is 127. The number of hydrogen-bond acceptors (Lipinski definition) is 6. The minimum absolute atomic E-state index is 0. The van der Waals surface area contributed by atoms with Crippen LogP contribution in [0, 0.1) is 13.8 Å². The van der Waals surface area contributed by atoms with Crippen molar-refractivity contribution in [3.63, 3.8) is 0 Å². The molecule has 0 spiro atoms. The Bertz CT molecular complexity index is 921. The van der Waals surface area contributed by atoms with E-state index in [0.29, 0.717) is 13.1 Å². The van der Waals surface area contributed by atoms with Gasteiger partial charge in [-0.3, -0.25) is 4.99 Å². The Morgan fingerprint density at radius 2 is 1.82 bits per heavy atom. The topological polar surface area (TPSA) is 71.4 Å². The maximum atomic E-state index is 5.20. The number of guanidine groups is 1. The quantitative estimate of drug-likeness (QED) is 0.282. The molecular weight excluding hydrogens is 505 g/mol. The van der Waals surface area contributed by atoms with E-state index < -0.39 is 0 Å².